The number of aliphatic hydroxyl groups excluding tert-OH is 1. The number of rotatable bonds is 14. The summed E-state index contributed by atoms with van der Waals surface area (Å²) >= 11 is 0. The largest absolute Gasteiger partial charge is 0.393 e. The summed E-state index contributed by atoms with van der Waals surface area (Å²) in [6.45, 7) is 3.69. The summed E-state index contributed by atoms with van der Waals surface area (Å²) in [5, 5.41) is 21.9. The minimum absolute atomic E-state index is 0.00982. The standard InChI is InChI=1S/C28H44N10O5/c29-34-19-37-10-1-2-20(17-37)15-33-25(40)14-23(35-26(41)18-36-11-5-22(39)6-12-36)28(43)38(21-3-4-21)13-9-32-27(42)24-16-30-7-8-31-24/h7-8,16,19-23,39H,1-6,9-15,17-18,29H2,(H,32,42)(H,33,40)(H,35,41)/t20-,23-/m0/s1. The monoisotopic (exact) mass is 600 g/mol. The molecule has 3 heterocycles. The second-order valence-corrected chi connectivity index (χ2v) is 11.5. The number of nitrogens with zero attached hydrogens (tertiary/aromatic N) is 6. The first-order chi connectivity index (χ1) is 20.8. The summed E-state index contributed by atoms with van der Waals surface area (Å²) < 4.78 is 0. The van der Waals surface area contributed by atoms with E-state index >= 15 is 0 Å². The Morgan fingerprint density at radius 3 is 2.58 bits per heavy atom. The van der Waals surface area contributed by atoms with Crippen molar-refractivity contribution in [3.8, 4) is 0 Å². The van der Waals surface area contributed by atoms with Crippen molar-refractivity contribution >= 4 is 30.0 Å². The molecule has 3 fully saturated rings. The fourth-order valence-electron chi connectivity index (χ4n) is 5.56. The first kappa shape index (κ1) is 32.1. The van der Waals surface area contributed by atoms with E-state index in [1.807, 2.05) is 9.80 Å². The zero-order valence-corrected chi connectivity index (χ0v) is 24.6. The molecule has 6 N–H and O–H groups in total. The van der Waals surface area contributed by atoms with E-state index in [2.05, 4.69) is 31.0 Å². The van der Waals surface area contributed by atoms with Crippen molar-refractivity contribution in [1.82, 2.24) is 40.6 Å². The van der Waals surface area contributed by atoms with E-state index in [0.29, 0.717) is 32.5 Å². The van der Waals surface area contributed by atoms with Crippen LogP contribution in [0.2, 0.25) is 0 Å². The summed E-state index contributed by atoms with van der Waals surface area (Å²) in [4.78, 5) is 65.8. The molecule has 1 saturated carbocycles. The number of hydrazone groups is 1. The maximum absolute atomic E-state index is 13.8. The number of likely N-dealkylation sites (tertiary alicyclic amines) is 2. The van der Waals surface area contributed by atoms with Gasteiger partial charge in [-0.3, -0.25) is 29.1 Å². The highest BCUT2D eigenvalue weighted by atomic mass is 16.3. The number of aliphatic hydroxyl groups is 1. The van der Waals surface area contributed by atoms with Crippen LogP contribution >= 0.6 is 0 Å². The second-order valence-electron chi connectivity index (χ2n) is 11.5. The maximum atomic E-state index is 13.8. The normalized spacial score (nSPS) is 20.4. The predicted molar refractivity (Wildman–Crippen MR) is 157 cm³/mol. The van der Waals surface area contributed by atoms with E-state index < -0.39 is 11.9 Å². The van der Waals surface area contributed by atoms with Crippen LogP contribution in [0.25, 0.3) is 0 Å². The number of hydrogen-bond donors (Lipinski definition) is 5. The maximum Gasteiger partial charge on any atom is 0.271 e. The molecule has 2 saturated heterocycles. The predicted octanol–water partition coefficient (Wildman–Crippen LogP) is -1.74. The van der Waals surface area contributed by atoms with Crippen molar-refractivity contribution < 1.29 is 24.3 Å². The number of amides is 4. The van der Waals surface area contributed by atoms with Gasteiger partial charge in [0.25, 0.3) is 5.91 Å². The van der Waals surface area contributed by atoms with Gasteiger partial charge in [0.1, 0.15) is 18.1 Å². The lowest BCUT2D eigenvalue weighted by Crippen LogP contribution is -2.54. The molecule has 0 aromatic carbocycles. The highest BCUT2D eigenvalue weighted by Crippen LogP contribution is 2.27. The van der Waals surface area contributed by atoms with Crippen LogP contribution in [0, 0.1) is 5.92 Å². The Morgan fingerprint density at radius 2 is 1.88 bits per heavy atom. The van der Waals surface area contributed by atoms with Crippen molar-refractivity contribution in [3.63, 3.8) is 0 Å². The summed E-state index contributed by atoms with van der Waals surface area (Å²) in [6, 6.07) is -1.06. The zero-order chi connectivity index (χ0) is 30.6. The van der Waals surface area contributed by atoms with Crippen molar-refractivity contribution in [2.45, 2.75) is 63.1 Å². The quantitative estimate of drug-likeness (QED) is 0.0707. The molecule has 4 rings (SSSR count). The minimum Gasteiger partial charge on any atom is -0.393 e. The smallest absolute Gasteiger partial charge is 0.271 e. The molecule has 43 heavy (non-hydrogen) atoms. The first-order valence-electron chi connectivity index (χ1n) is 15.1. The van der Waals surface area contributed by atoms with Crippen molar-refractivity contribution in [2.75, 3.05) is 52.4 Å². The highest BCUT2D eigenvalue weighted by molar-refractivity contribution is 5.93. The average Bonchev–Trinajstić information content (AvgIpc) is 3.85. The first-order valence-corrected chi connectivity index (χ1v) is 15.1. The lowest BCUT2D eigenvalue weighted by atomic mass is 9.98. The van der Waals surface area contributed by atoms with E-state index in [1.165, 1.54) is 18.6 Å². The number of carbonyl (C=O) groups excluding carboxylic acids is 4. The van der Waals surface area contributed by atoms with Crippen LogP contribution in [0.15, 0.2) is 23.7 Å². The van der Waals surface area contributed by atoms with Crippen LogP contribution < -0.4 is 21.8 Å². The fraction of sp³-hybridized carbons (Fsp3) is 0.679. The molecule has 1 aliphatic carbocycles. The van der Waals surface area contributed by atoms with Gasteiger partial charge in [0.15, 0.2) is 0 Å². The van der Waals surface area contributed by atoms with E-state index in [-0.39, 0.29) is 67.5 Å². The molecule has 15 heteroatoms. The summed E-state index contributed by atoms with van der Waals surface area (Å²) in [6.07, 6.45) is 10.0. The molecule has 2 atom stereocenters. The van der Waals surface area contributed by atoms with Gasteiger partial charge in [-0.05, 0) is 44.4 Å². The van der Waals surface area contributed by atoms with Gasteiger partial charge in [0, 0.05) is 64.2 Å². The van der Waals surface area contributed by atoms with Crippen LogP contribution in [0.5, 0.6) is 0 Å². The van der Waals surface area contributed by atoms with Gasteiger partial charge in [0.2, 0.25) is 17.7 Å². The average molecular weight is 601 g/mol. The fourth-order valence-corrected chi connectivity index (χ4v) is 5.56. The SMILES string of the molecule is NN=CN1CCC[C@@H](CNC(=O)C[C@H](NC(=O)CN2CCC(O)CC2)C(=O)N(CCNC(=O)c2cnccn2)C2CC2)C1. The number of nitrogens with one attached hydrogen (secondary N) is 3. The molecule has 0 bridgehead atoms. The summed E-state index contributed by atoms with van der Waals surface area (Å²) in [7, 11) is 0. The third-order valence-electron chi connectivity index (χ3n) is 8.02. The Bertz CT molecular complexity index is 1110. The molecular weight excluding hydrogens is 556 g/mol. The zero-order valence-electron chi connectivity index (χ0n) is 24.6. The van der Waals surface area contributed by atoms with Crippen LogP contribution in [-0.2, 0) is 14.4 Å². The molecule has 0 radical (unpaired) electrons. The van der Waals surface area contributed by atoms with E-state index in [4.69, 9.17) is 5.84 Å². The van der Waals surface area contributed by atoms with Gasteiger partial charge >= 0.3 is 0 Å². The molecule has 236 valence electrons. The summed E-state index contributed by atoms with van der Waals surface area (Å²) in [5.41, 5.74) is 0.176. The van der Waals surface area contributed by atoms with Gasteiger partial charge in [-0.25, -0.2) is 4.98 Å². The molecule has 0 unspecified atom stereocenters. The van der Waals surface area contributed by atoms with Crippen LogP contribution in [0.3, 0.4) is 0 Å². The lowest BCUT2D eigenvalue weighted by Gasteiger charge is -2.32. The van der Waals surface area contributed by atoms with Gasteiger partial charge < -0.3 is 36.7 Å². The van der Waals surface area contributed by atoms with Crippen LogP contribution in [-0.4, -0.2) is 130 Å². The van der Waals surface area contributed by atoms with Crippen molar-refractivity contribution in [2.24, 2.45) is 16.9 Å². The number of nitrogens with two attached hydrogens (primary N) is 1. The van der Waals surface area contributed by atoms with Gasteiger partial charge in [-0.2, -0.15) is 5.10 Å². The van der Waals surface area contributed by atoms with Crippen molar-refractivity contribution in [1.29, 1.82) is 0 Å². The Balaban J connectivity index is 1.35. The highest BCUT2D eigenvalue weighted by Gasteiger charge is 2.37. The Kier molecular flexibility index (Phi) is 12.0. The molecule has 15 nitrogen and oxygen atoms in total. The van der Waals surface area contributed by atoms with Gasteiger partial charge in [-0.15, -0.1) is 0 Å². The number of carbonyl (C=O) groups is 4. The van der Waals surface area contributed by atoms with Crippen molar-refractivity contribution in [3.05, 3.63) is 24.3 Å². The Morgan fingerprint density at radius 1 is 1.09 bits per heavy atom. The lowest BCUT2D eigenvalue weighted by molar-refractivity contribution is -0.139. The van der Waals surface area contributed by atoms with E-state index in [1.54, 1.807) is 11.2 Å². The molecule has 4 amide bonds. The topological polar surface area (TPSA) is 198 Å². The number of piperidine rings is 2. The van der Waals surface area contributed by atoms with Gasteiger partial charge in [0.05, 0.1) is 25.3 Å². The molecule has 2 aliphatic heterocycles. The molecular formula is C28H44N10O5. The summed E-state index contributed by atoms with van der Waals surface area (Å²) in [5.74, 6) is 4.08. The minimum atomic E-state index is -1.05. The van der Waals surface area contributed by atoms with Crippen LogP contribution in [0.1, 0.15) is 55.4 Å². The second kappa shape index (κ2) is 16.1. The third-order valence-corrected chi connectivity index (χ3v) is 8.02. The molecule has 0 spiro atoms. The van der Waals surface area contributed by atoms with E-state index in [0.717, 1.165) is 38.8 Å². The molecule has 3 aliphatic rings. The Hall–Kier alpha value is -3.85. The molecule has 1 aromatic heterocycles. The molecule has 1 aromatic rings. The number of hydrogen-bond acceptors (Lipinski definition) is 10. The van der Waals surface area contributed by atoms with E-state index in [9.17, 15) is 24.3 Å². The Labute approximate surface area is 251 Å². The number of aromatic nitrogens is 2. The third kappa shape index (κ3) is 10.4. The van der Waals surface area contributed by atoms with Gasteiger partial charge in [-0.1, -0.05) is 0 Å². The van der Waals surface area contributed by atoms with Crippen LogP contribution in [0.4, 0.5) is 0 Å².